The molecule has 2 N–H and O–H groups in total. The average molecular weight is 249 g/mol. The first-order valence-electron chi connectivity index (χ1n) is 5.31. The fourth-order valence-electron chi connectivity index (χ4n) is 1.60. The molecule has 0 aliphatic rings. The summed E-state index contributed by atoms with van der Waals surface area (Å²) in [5.41, 5.74) is 1.44. The standard InChI is InChI=1S/C12H12FN3O2/c1-16-11(10(6-15-16)12(17)18)7-14-9-4-2-8(13)3-5-9/h2-6,14H,7H2,1H3,(H,17,18). The zero-order valence-electron chi connectivity index (χ0n) is 9.72. The third-order valence-corrected chi connectivity index (χ3v) is 2.60. The first-order valence-corrected chi connectivity index (χ1v) is 5.31. The van der Waals surface area contributed by atoms with Gasteiger partial charge in [0.05, 0.1) is 18.4 Å². The van der Waals surface area contributed by atoms with E-state index in [4.69, 9.17) is 5.11 Å². The van der Waals surface area contributed by atoms with Gasteiger partial charge < -0.3 is 10.4 Å². The van der Waals surface area contributed by atoms with E-state index < -0.39 is 5.97 Å². The van der Waals surface area contributed by atoms with Crippen LogP contribution < -0.4 is 5.32 Å². The van der Waals surface area contributed by atoms with Gasteiger partial charge in [0.15, 0.2) is 0 Å². The van der Waals surface area contributed by atoms with Crippen molar-refractivity contribution >= 4 is 11.7 Å². The average Bonchev–Trinajstić information content (AvgIpc) is 2.70. The molecule has 2 aromatic rings. The molecule has 0 aliphatic heterocycles. The number of carbonyl (C=O) groups is 1. The van der Waals surface area contributed by atoms with Crippen molar-refractivity contribution in [3.05, 3.63) is 47.5 Å². The number of hydrogen-bond acceptors (Lipinski definition) is 3. The Hall–Kier alpha value is -2.37. The second-order valence-electron chi connectivity index (χ2n) is 3.79. The predicted octanol–water partition coefficient (Wildman–Crippen LogP) is 1.87. The van der Waals surface area contributed by atoms with Gasteiger partial charge in [-0.05, 0) is 24.3 Å². The van der Waals surface area contributed by atoms with Crippen molar-refractivity contribution in [3.8, 4) is 0 Å². The van der Waals surface area contributed by atoms with Crippen LogP contribution in [-0.4, -0.2) is 20.9 Å². The molecule has 94 valence electrons. The molecule has 1 heterocycles. The van der Waals surface area contributed by atoms with E-state index in [1.807, 2.05) is 0 Å². The summed E-state index contributed by atoms with van der Waals surface area (Å²) in [4.78, 5) is 11.0. The van der Waals surface area contributed by atoms with Gasteiger partial charge in [0.2, 0.25) is 0 Å². The molecule has 2 rings (SSSR count). The molecule has 0 aliphatic carbocycles. The lowest BCUT2D eigenvalue weighted by molar-refractivity contribution is 0.0695. The molecule has 0 atom stereocenters. The number of anilines is 1. The summed E-state index contributed by atoms with van der Waals surface area (Å²) in [6, 6.07) is 5.85. The summed E-state index contributed by atoms with van der Waals surface area (Å²) in [5, 5.41) is 15.9. The highest BCUT2D eigenvalue weighted by molar-refractivity contribution is 5.88. The first-order chi connectivity index (χ1) is 8.58. The van der Waals surface area contributed by atoms with Crippen LogP contribution in [0.3, 0.4) is 0 Å². The first kappa shape index (κ1) is 12.1. The molecule has 0 fully saturated rings. The second kappa shape index (κ2) is 4.87. The van der Waals surface area contributed by atoms with E-state index in [0.29, 0.717) is 17.9 Å². The maximum atomic E-state index is 12.7. The van der Waals surface area contributed by atoms with Gasteiger partial charge in [-0.1, -0.05) is 0 Å². The molecule has 0 amide bonds. The Balaban J connectivity index is 2.12. The summed E-state index contributed by atoms with van der Waals surface area (Å²) in [5.74, 6) is -1.33. The number of aryl methyl sites for hydroxylation is 1. The number of aromatic nitrogens is 2. The zero-order valence-corrected chi connectivity index (χ0v) is 9.72. The monoisotopic (exact) mass is 249 g/mol. The molecule has 0 saturated carbocycles. The smallest absolute Gasteiger partial charge is 0.339 e. The predicted molar refractivity (Wildman–Crippen MR) is 63.9 cm³/mol. The minimum Gasteiger partial charge on any atom is -0.478 e. The van der Waals surface area contributed by atoms with Gasteiger partial charge in [-0.3, -0.25) is 4.68 Å². The van der Waals surface area contributed by atoms with Crippen LogP contribution in [0.4, 0.5) is 10.1 Å². The lowest BCUT2D eigenvalue weighted by atomic mass is 10.2. The van der Waals surface area contributed by atoms with E-state index in [2.05, 4.69) is 10.4 Å². The van der Waals surface area contributed by atoms with E-state index in [1.54, 1.807) is 19.2 Å². The van der Waals surface area contributed by atoms with Crippen LogP contribution in [0.1, 0.15) is 16.1 Å². The van der Waals surface area contributed by atoms with Gasteiger partial charge in [-0.25, -0.2) is 9.18 Å². The molecular formula is C12H12FN3O2. The molecule has 1 aromatic carbocycles. The third kappa shape index (κ3) is 2.48. The fourth-order valence-corrected chi connectivity index (χ4v) is 1.60. The normalized spacial score (nSPS) is 10.3. The van der Waals surface area contributed by atoms with Crippen molar-refractivity contribution in [1.29, 1.82) is 0 Å². The highest BCUT2D eigenvalue weighted by Gasteiger charge is 2.14. The van der Waals surface area contributed by atoms with E-state index in [0.717, 1.165) is 0 Å². The van der Waals surface area contributed by atoms with Crippen molar-refractivity contribution in [1.82, 2.24) is 9.78 Å². The summed E-state index contributed by atoms with van der Waals surface area (Å²) in [7, 11) is 1.67. The number of rotatable bonds is 4. The minimum atomic E-state index is -1.01. The van der Waals surface area contributed by atoms with Crippen LogP contribution in [0.5, 0.6) is 0 Å². The van der Waals surface area contributed by atoms with Crippen LogP contribution in [0.2, 0.25) is 0 Å². The Morgan fingerprint density at radius 2 is 2.11 bits per heavy atom. The van der Waals surface area contributed by atoms with Gasteiger partial charge in [0.25, 0.3) is 0 Å². The van der Waals surface area contributed by atoms with Crippen LogP contribution >= 0.6 is 0 Å². The number of aromatic carboxylic acids is 1. The summed E-state index contributed by atoms with van der Waals surface area (Å²) < 4.78 is 14.2. The van der Waals surface area contributed by atoms with Crippen LogP contribution in [0, 0.1) is 5.82 Å². The lowest BCUT2D eigenvalue weighted by Crippen LogP contribution is -2.10. The Morgan fingerprint density at radius 1 is 1.44 bits per heavy atom. The topological polar surface area (TPSA) is 67.2 Å². The number of carboxylic acids is 1. The Bertz CT molecular complexity index is 563. The summed E-state index contributed by atoms with van der Waals surface area (Å²) in [6.45, 7) is 0.309. The molecule has 5 nitrogen and oxygen atoms in total. The third-order valence-electron chi connectivity index (χ3n) is 2.60. The van der Waals surface area contributed by atoms with Crippen molar-refractivity contribution in [2.45, 2.75) is 6.54 Å². The molecule has 0 radical (unpaired) electrons. The van der Waals surface area contributed by atoms with Crippen LogP contribution in [-0.2, 0) is 13.6 Å². The molecule has 18 heavy (non-hydrogen) atoms. The molecule has 0 saturated heterocycles. The Labute approximate surface area is 103 Å². The second-order valence-corrected chi connectivity index (χ2v) is 3.79. The number of benzene rings is 1. The van der Waals surface area contributed by atoms with Crippen molar-refractivity contribution in [2.75, 3.05) is 5.32 Å². The van der Waals surface area contributed by atoms with Gasteiger partial charge in [0, 0.05) is 12.7 Å². The number of hydrogen-bond donors (Lipinski definition) is 2. The SMILES string of the molecule is Cn1ncc(C(=O)O)c1CNc1ccc(F)cc1. The number of nitrogens with one attached hydrogen (secondary N) is 1. The number of carboxylic acid groups (broad SMARTS) is 1. The quantitative estimate of drug-likeness (QED) is 0.868. The molecule has 1 aromatic heterocycles. The van der Waals surface area contributed by atoms with Crippen molar-refractivity contribution in [2.24, 2.45) is 7.05 Å². The van der Waals surface area contributed by atoms with Gasteiger partial charge in [-0.2, -0.15) is 5.10 Å². The molecule has 0 spiro atoms. The summed E-state index contributed by atoms with van der Waals surface area (Å²) >= 11 is 0. The lowest BCUT2D eigenvalue weighted by Gasteiger charge is -2.07. The van der Waals surface area contributed by atoms with E-state index in [9.17, 15) is 9.18 Å². The Kier molecular flexibility index (Phi) is 3.27. The number of nitrogens with zero attached hydrogens (tertiary/aromatic N) is 2. The van der Waals surface area contributed by atoms with Crippen molar-refractivity contribution in [3.63, 3.8) is 0 Å². The molecule has 0 bridgehead atoms. The van der Waals surface area contributed by atoms with Crippen LogP contribution in [0.25, 0.3) is 0 Å². The summed E-state index contributed by atoms with van der Waals surface area (Å²) in [6.07, 6.45) is 1.31. The van der Waals surface area contributed by atoms with Gasteiger partial charge in [-0.15, -0.1) is 0 Å². The minimum absolute atomic E-state index is 0.159. The number of halogens is 1. The zero-order chi connectivity index (χ0) is 13.1. The Morgan fingerprint density at radius 3 is 2.72 bits per heavy atom. The van der Waals surface area contributed by atoms with E-state index in [1.165, 1.54) is 23.0 Å². The maximum absolute atomic E-state index is 12.7. The fraction of sp³-hybridized carbons (Fsp3) is 0.167. The van der Waals surface area contributed by atoms with Crippen molar-refractivity contribution < 1.29 is 14.3 Å². The highest BCUT2D eigenvalue weighted by Crippen LogP contribution is 2.12. The molecule has 0 unspecified atom stereocenters. The van der Waals surface area contributed by atoms with Gasteiger partial charge in [0.1, 0.15) is 11.4 Å². The molecule has 6 heteroatoms. The van der Waals surface area contributed by atoms with Gasteiger partial charge >= 0.3 is 5.97 Å². The van der Waals surface area contributed by atoms with E-state index in [-0.39, 0.29) is 11.4 Å². The highest BCUT2D eigenvalue weighted by atomic mass is 19.1. The maximum Gasteiger partial charge on any atom is 0.339 e. The van der Waals surface area contributed by atoms with Crippen LogP contribution in [0.15, 0.2) is 30.5 Å². The molecular weight excluding hydrogens is 237 g/mol. The largest absolute Gasteiger partial charge is 0.478 e. The van der Waals surface area contributed by atoms with E-state index >= 15 is 0 Å².